The Balaban J connectivity index is 1.86. The number of phenols is 1. The van der Waals surface area contributed by atoms with Crippen LogP contribution in [0.1, 0.15) is 0 Å². The van der Waals surface area contributed by atoms with Crippen LogP contribution >= 0.6 is 0 Å². The molecule has 0 atom stereocenters. The van der Waals surface area contributed by atoms with Gasteiger partial charge in [-0.1, -0.05) is 18.2 Å². The van der Waals surface area contributed by atoms with Gasteiger partial charge in [-0.15, -0.1) is 0 Å². The van der Waals surface area contributed by atoms with Crippen LogP contribution in [0, 0.1) is 6.08 Å². The van der Waals surface area contributed by atoms with E-state index in [0.717, 1.165) is 24.3 Å². The van der Waals surface area contributed by atoms with Crippen molar-refractivity contribution < 1.29 is 35.4 Å². The Morgan fingerprint density at radius 3 is 1.91 bits per heavy atom. The molecule has 5 N–H and O–H groups in total. The van der Waals surface area contributed by atoms with E-state index in [9.17, 15) is 35.4 Å². The van der Waals surface area contributed by atoms with Gasteiger partial charge in [0.15, 0.2) is 0 Å². The van der Waals surface area contributed by atoms with Crippen molar-refractivity contribution in [2.75, 3.05) is 10.6 Å². The molecule has 4 rings (SSSR count). The highest BCUT2D eigenvalue weighted by atomic mass is 32.2. The van der Waals surface area contributed by atoms with Crippen LogP contribution in [0.15, 0.2) is 64.4 Å². The number of rotatable bonds is 6. The minimum Gasteiger partial charge on any atom is -0.507 e. The molecule has 0 bridgehead atoms. The molecule has 15 heteroatoms. The molecule has 0 aliphatic heterocycles. The summed E-state index contributed by atoms with van der Waals surface area (Å²) >= 11 is 0. The minimum absolute atomic E-state index is 0.127. The second-order valence-electron chi connectivity index (χ2n) is 6.83. The first kappa shape index (κ1) is 23.2. The maximum atomic E-state index is 14.1. The number of nitrogens with zero attached hydrogens (tertiary/aromatic N) is 3. The Kier molecular flexibility index (Phi) is 5.78. The zero-order chi connectivity index (χ0) is 24.7. The van der Waals surface area contributed by atoms with Crippen molar-refractivity contribution in [3.8, 4) is 5.75 Å². The van der Waals surface area contributed by atoms with Crippen LogP contribution in [-0.4, -0.2) is 46.0 Å². The summed E-state index contributed by atoms with van der Waals surface area (Å²) in [6, 6.07) is 11.9. The van der Waals surface area contributed by atoms with E-state index < -0.39 is 47.8 Å². The minimum atomic E-state index is -4.80. The molecule has 0 amide bonds. The summed E-state index contributed by atoms with van der Waals surface area (Å²) in [6.07, 6.45) is -1.19. The first-order chi connectivity index (χ1) is 15.9. The van der Waals surface area contributed by atoms with E-state index in [1.54, 1.807) is 30.3 Å². The molecule has 1 heterocycles. The van der Waals surface area contributed by atoms with Crippen LogP contribution < -0.4 is 10.6 Å². The van der Waals surface area contributed by atoms with Gasteiger partial charge in [-0.05, 0) is 35.7 Å². The third-order valence-electron chi connectivity index (χ3n) is 4.46. The van der Waals surface area contributed by atoms with E-state index in [4.69, 9.17) is 0 Å². The molecule has 3 aromatic carbocycles. The molecule has 12 nitrogen and oxygen atoms in total. The molecule has 0 saturated carbocycles. The first-order valence-electron chi connectivity index (χ1n) is 9.16. The van der Waals surface area contributed by atoms with Crippen LogP contribution in [0.25, 0.3) is 10.8 Å². The van der Waals surface area contributed by atoms with Gasteiger partial charge in [0.05, 0.1) is 15.5 Å². The number of aromatic nitrogens is 3. The van der Waals surface area contributed by atoms with Gasteiger partial charge in [0, 0.05) is 17.1 Å². The molecule has 176 valence electrons. The summed E-state index contributed by atoms with van der Waals surface area (Å²) in [7, 11) is -9.56. The van der Waals surface area contributed by atoms with Crippen LogP contribution in [-0.2, 0) is 20.2 Å². The highest BCUT2D eigenvalue weighted by Crippen LogP contribution is 2.37. The number of halogens is 1. The van der Waals surface area contributed by atoms with Crippen molar-refractivity contribution in [3.05, 3.63) is 60.7 Å². The number of aromatic hydroxyl groups is 1. The predicted octanol–water partition coefficient (Wildman–Crippen LogP) is 2.85. The summed E-state index contributed by atoms with van der Waals surface area (Å²) in [4.78, 5) is 9.59. The van der Waals surface area contributed by atoms with Crippen LogP contribution in [0.5, 0.6) is 5.75 Å². The summed E-state index contributed by atoms with van der Waals surface area (Å²) < 4.78 is 79.3. The predicted molar refractivity (Wildman–Crippen MR) is 118 cm³/mol. The van der Waals surface area contributed by atoms with Gasteiger partial charge >= 0.3 is 6.08 Å². The van der Waals surface area contributed by atoms with Gasteiger partial charge in [0.2, 0.25) is 11.9 Å². The van der Waals surface area contributed by atoms with Crippen molar-refractivity contribution in [2.45, 2.75) is 9.79 Å². The fourth-order valence-electron chi connectivity index (χ4n) is 3.07. The van der Waals surface area contributed by atoms with Crippen LogP contribution in [0.2, 0.25) is 0 Å². The standard InChI is InChI=1S/C19H14FN5O7S2/c20-17-23-18(21-11-4-2-1-3-5-11)25-19(24-17)22-14-8-12(33(27,28)29)6-10-7-13(34(30,31)32)9-15(26)16(10)14/h1-9,26H,(H,27,28,29)(H,30,31,32)(H2,21,22,23,24,25). The lowest BCUT2D eigenvalue weighted by atomic mass is 10.1. The van der Waals surface area contributed by atoms with E-state index in [1.165, 1.54) is 0 Å². The molecule has 0 fully saturated rings. The number of para-hydroxylation sites is 1. The number of hydrogen-bond acceptors (Lipinski definition) is 10. The maximum absolute atomic E-state index is 14.1. The Hall–Kier alpha value is -3.92. The lowest BCUT2D eigenvalue weighted by molar-refractivity contribution is 0.471. The van der Waals surface area contributed by atoms with E-state index in [-0.39, 0.29) is 22.4 Å². The molecule has 0 aliphatic rings. The van der Waals surface area contributed by atoms with Crippen LogP contribution in [0.3, 0.4) is 0 Å². The first-order valence-corrected chi connectivity index (χ1v) is 12.0. The molecule has 34 heavy (non-hydrogen) atoms. The highest BCUT2D eigenvalue weighted by molar-refractivity contribution is 7.86. The third kappa shape index (κ3) is 5.01. The zero-order valence-corrected chi connectivity index (χ0v) is 18.3. The molecule has 0 aliphatic carbocycles. The molecule has 1 aromatic heterocycles. The van der Waals surface area contributed by atoms with Gasteiger partial charge in [0.1, 0.15) is 5.75 Å². The van der Waals surface area contributed by atoms with Crippen molar-refractivity contribution in [2.24, 2.45) is 0 Å². The zero-order valence-electron chi connectivity index (χ0n) is 16.7. The normalized spacial score (nSPS) is 12.0. The Morgan fingerprint density at radius 2 is 1.32 bits per heavy atom. The fraction of sp³-hybridized carbons (Fsp3) is 0. The number of hydrogen-bond donors (Lipinski definition) is 5. The lowest BCUT2D eigenvalue weighted by Gasteiger charge is -2.13. The molecule has 0 spiro atoms. The molecular weight excluding hydrogens is 493 g/mol. The highest BCUT2D eigenvalue weighted by Gasteiger charge is 2.20. The van der Waals surface area contributed by atoms with Crippen molar-refractivity contribution in [3.63, 3.8) is 0 Å². The SMILES string of the molecule is O=S(=O)(O)c1cc(O)c2c(Nc3nc(F)nc(Nc4ccccc4)n3)cc(S(=O)(=O)O)cc2c1. The summed E-state index contributed by atoms with van der Waals surface area (Å²) in [5.41, 5.74) is 0.314. The smallest absolute Gasteiger partial charge is 0.315 e. The number of benzene rings is 3. The van der Waals surface area contributed by atoms with E-state index in [0.29, 0.717) is 5.69 Å². The average Bonchev–Trinajstić information content (AvgIpc) is 2.72. The quantitative estimate of drug-likeness (QED) is 0.240. The van der Waals surface area contributed by atoms with Gasteiger partial charge in [-0.3, -0.25) is 9.11 Å². The Bertz CT molecular complexity index is 1630. The molecule has 0 saturated heterocycles. The van der Waals surface area contributed by atoms with Crippen LogP contribution in [0.4, 0.5) is 27.7 Å². The largest absolute Gasteiger partial charge is 0.507 e. The van der Waals surface area contributed by atoms with Crippen molar-refractivity contribution >= 4 is 54.3 Å². The fourth-order valence-corrected chi connectivity index (χ4v) is 4.15. The van der Waals surface area contributed by atoms with E-state index >= 15 is 0 Å². The molecular formula is C19H14FN5O7S2. The number of nitrogens with one attached hydrogen (secondary N) is 2. The Morgan fingerprint density at radius 1 is 0.765 bits per heavy atom. The second-order valence-corrected chi connectivity index (χ2v) is 9.67. The van der Waals surface area contributed by atoms with Gasteiger partial charge in [0.25, 0.3) is 20.2 Å². The van der Waals surface area contributed by atoms with Gasteiger partial charge in [-0.2, -0.15) is 36.2 Å². The van der Waals surface area contributed by atoms with Crippen molar-refractivity contribution in [1.82, 2.24) is 15.0 Å². The lowest BCUT2D eigenvalue weighted by Crippen LogP contribution is -2.07. The summed E-state index contributed by atoms with van der Waals surface area (Å²) in [6.45, 7) is 0. The average molecular weight is 507 g/mol. The third-order valence-corrected chi connectivity index (χ3v) is 6.12. The summed E-state index contributed by atoms with van der Waals surface area (Å²) in [5, 5.41) is 15.4. The number of fused-ring (bicyclic) bond motifs is 1. The topological polar surface area (TPSA) is 192 Å². The second kappa shape index (κ2) is 8.45. The monoisotopic (exact) mass is 507 g/mol. The van der Waals surface area contributed by atoms with Crippen molar-refractivity contribution in [1.29, 1.82) is 0 Å². The molecule has 0 radical (unpaired) electrons. The van der Waals surface area contributed by atoms with Gasteiger partial charge < -0.3 is 15.7 Å². The molecule has 0 unspecified atom stereocenters. The number of phenolic OH excluding ortho intramolecular Hbond substituents is 1. The maximum Gasteiger partial charge on any atom is 0.315 e. The summed E-state index contributed by atoms with van der Waals surface area (Å²) in [5.74, 6) is -1.28. The van der Waals surface area contributed by atoms with E-state index in [1.807, 2.05) is 0 Å². The molecule has 4 aromatic rings. The Labute approximate surface area is 191 Å². The number of anilines is 4. The van der Waals surface area contributed by atoms with E-state index in [2.05, 4.69) is 25.6 Å². The van der Waals surface area contributed by atoms with Gasteiger partial charge in [-0.25, -0.2) is 0 Å².